The van der Waals surface area contributed by atoms with Crippen molar-refractivity contribution < 1.29 is 33.1 Å². The number of nitrogens with zero attached hydrogens (tertiary/aromatic N) is 1. The number of non-ortho nitro benzene ring substituents is 1. The van der Waals surface area contributed by atoms with E-state index in [0.29, 0.717) is 35.2 Å². The van der Waals surface area contributed by atoms with Crippen molar-refractivity contribution in [1.82, 2.24) is 0 Å². The number of benzene rings is 1. The van der Waals surface area contributed by atoms with Gasteiger partial charge in [0.25, 0.3) is 5.69 Å². The Labute approximate surface area is 202 Å². The number of furan rings is 1. The predicted molar refractivity (Wildman–Crippen MR) is 123 cm³/mol. The number of rotatable bonds is 6. The van der Waals surface area contributed by atoms with E-state index in [0.717, 1.165) is 12.8 Å². The molecule has 3 heterocycles. The van der Waals surface area contributed by atoms with Gasteiger partial charge in [0.2, 0.25) is 0 Å². The molecule has 0 N–H and O–H groups in total. The molecule has 4 atom stereocenters. The van der Waals surface area contributed by atoms with Crippen LogP contribution in [-0.4, -0.2) is 35.7 Å². The monoisotopic (exact) mass is 481 g/mol. The Morgan fingerprint density at radius 1 is 1.23 bits per heavy atom. The topological polar surface area (TPSA) is 121 Å². The van der Waals surface area contributed by atoms with Crippen molar-refractivity contribution in [2.75, 3.05) is 13.2 Å². The highest BCUT2D eigenvalue weighted by Crippen LogP contribution is 2.54. The van der Waals surface area contributed by atoms with Gasteiger partial charge < -0.3 is 18.6 Å². The third-order valence-corrected chi connectivity index (χ3v) is 7.37. The van der Waals surface area contributed by atoms with E-state index in [1.54, 1.807) is 24.3 Å². The van der Waals surface area contributed by atoms with Crippen molar-refractivity contribution in [3.05, 3.63) is 63.9 Å². The number of epoxide rings is 1. The summed E-state index contributed by atoms with van der Waals surface area (Å²) in [6.07, 6.45) is 3.63. The van der Waals surface area contributed by atoms with E-state index in [4.69, 9.17) is 18.6 Å². The lowest BCUT2D eigenvalue weighted by Crippen LogP contribution is -2.45. The molecule has 1 spiro atoms. The van der Waals surface area contributed by atoms with Gasteiger partial charge in [-0.1, -0.05) is 19.9 Å². The number of hydrogen-bond donors (Lipinski definition) is 0. The van der Waals surface area contributed by atoms with Crippen LogP contribution >= 0.6 is 0 Å². The maximum atomic E-state index is 12.9. The summed E-state index contributed by atoms with van der Waals surface area (Å²) in [7, 11) is 0. The average molecular weight is 482 g/mol. The number of ether oxygens (including phenoxy) is 3. The first-order valence-electron chi connectivity index (χ1n) is 11.8. The minimum absolute atomic E-state index is 0.00841. The second-order valence-corrected chi connectivity index (χ2v) is 9.80. The molecule has 5 rings (SSSR count). The summed E-state index contributed by atoms with van der Waals surface area (Å²) in [5.41, 5.74) is 0.541. The minimum atomic E-state index is -0.550. The van der Waals surface area contributed by atoms with Gasteiger partial charge in [-0.15, -0.1) is 0 Å². The highest BCUT2D eigenvalue weighted by atomic mass is 16.6. The number of cyclic esters (lactones) is 1. The van der Waals surface area contributed by atoms with E-state index in [1.165, 1.54) is 12.1 Å². The quantitative estimate of drug-likeness (QED) is 0.257. The molecular weight excluding hydrogens is 454 g/mol. The highest BCUT2D eigenvalue weighted by molar-refractivity contribution is 5.90. The number of nitro benzene ring substituents is 1. The van der Waals surface area contributed by atoms with Crippen molar-refractivity contribution in [3.8, 4) is 11.3 Å². The van der Waals surface area contributed by atoms with Crippen molar-refractivity contribution in [2.45, 2.75) is 38.9 Å². The van der Waals surface area contributed by atoms with Crippen molar-refractivity contribution in [1.29, 1.82) is 0 Å². The van der Waals surface area contributed by atoms with Gasteiger partial charge in [-0.2, -0.15) is 0 Å². The Bertz CT molecular complexity index is 1170. The lowest BCUT2D eigenvalue weighted by molar-refractivity contribution is -0.384. The predicted octanol–water partition coefficient (Wildman–Crippen LogP) is 4.45. The number of fused-ring (bicyclic) bond motifs is 2. The van der Waals surface area contributed by atoms with E-state index in [-0.39, 0.29) is 36.7 Å². The molecule has 35 heavy (non-hydrogen) atoms. The number of allylic oxidation sites excluding steroid dienone is 1. The molecule has 3 aliphatic rings. The van der Waals surface area contributed by atoms with Crippen molar-refractivity contribution >= 4 is 17.6 Å². The number of carbonyl (C=O) groups is 2. The van der Waals surface area contributed by atoms with Crippen LogP contribution in [0.15, 0.2) is 52.5 Å². The second-order valence-electron chi connectivity index (χ2n) is 9.80. The van der Waals surface area contributed by atoms with Crippen LogP contribution in [0.4, 0.5) is 5.69 Å². The van der Waals surface area contributed by atoms with Gasteiger partial charge in [0.05, 0.1) is 23.0 Å². The molecule has 1 aliphatic carbocycles. The largest absolute Gasteiger partial charge is 0.460 e. The van der Waals surface area contributed by atoms with Crippen molar-refractivity contribution in [3.63, 3.8) is 0 Å². The van der Waals surface area contributed by atoms with E-state index < -0.39 is 22.4 Å². The first-order valence-corrected chi connectivity index (χ1v) is 11.8. The zero-order valence-corrected chi connectivity index (χ0v) is 19.6. The van der Waals surface area contributed by atoms with E-state index in [1.807, 2.05) is 6.08 Å². The lowest BCUT2D eigenvalue weighted by Gasteiger charge is -2.40. The van der Waals surface area contributed by atoms with Crippen LogP contribution in [0.1, 0.15) is 32.4 Å². The van der Waals surface area contributed by atoms with Crippen molar-refractivity contribution in [2.24, 2.45) is 23.7 Å². The molecule has 9 nitrogen and oxygen atoms in total. The number of esters is 2. The van der Waals surface area contributed by atoms with Crippen LogP contribution in [0, 0.1) is 33.8 Å². The molecule has 1 saturated heterocycles. The molecule has 0 bridgehead atoms. The van der Waals surface area contributed by atoms with E-state index in [2.05, 4.69) is 13.8 Å². The molecule has 1 aromatic carbocycles. The molecule has 0 radical (unpaired) electrons. The molecule has 1 aromatic heterocycles. The molecule has 9 heteroatoms. The minimum Gasteiger partial charge on any atom is -0.460 e. The fourth-order valence-electron chi connectivity index (χ4n) is 5.38. The van der Waals surface area contributed by atoms with Gasteiger partial charge in [-0.05, 0) is 54.9 Å². The third kappa shape index (κ3) is 4.48. The van der Waals surface area contributed by atoms with Gasteiger partial charge in [-0.25, -0.2) is 4.79 Å². The van der Waals surface area contributed by atoms with Crippen LogP contribution in [0.2, 0.25) is 0 Å². The highest BCUT2D eigenvalue weighted by Gasteiger charge is 2.62. The Kier molecular flexibility index (Phi) is 5.96. The number of carbonyl (C=O) groups excluding carboxylic acids is 2. The molecular formula is C26H27NO8. The summed E-state index contributed by atoms with van der Waals surface area (Å²) in [4.78, 5) is 36.2. The summed E-state index contributed by atoms with van der Waals surface area (Å²) < 4.78 is 22.5. The normalized spacial score (nSPS) is 27.6. The fraction of sp³-hybridized carbons (Fsp3) is 0.462. The molecule has 1 saturated carbocycles. The Morgan fingerprint density at radius 2 is 1.97 bits per heavy atom. The molecule has 184 valence electrons. The van der Waals surface area contributed by atoms with Gasteiger partial charge in [0, 0.05) is 17.7 Å². The van der Waals surface area contributed by atoms with Gasteiger partial charge in [0.1, 0.15) is 30.3 Å². The smallest absolute Gasteiger partial charge is 0.337 e. The molecule has 2 fully saturated rings. The SMILES string of the molecule is CC(C)[C@H]1CC[C@@]2(CO2)[C@H]2C(=O)OCC(C(=O)OCc3ccc(-c4ccc([N+](=O)[O-])cc4)o3)=C[C@H]12. The molecule has 2 aliphatic heterocycles. The van der Waals surface area contributed by atoms with Gasteiger partial charge in [-0.3, -0.25) is 14.9 Å². The maximum absolute atomic E-state index is 12.9. The van der Waals surface area contributed by atoms with Gasteiger partial charge >= 0.3 is 11.9 Å². The Morgan fingerprint density at radius 3 is 2.63 bits per heavy atom. The first-order chi connectivity index (χ1) is 16.8. The lowest BCUT2D eigenvalue weighted by atomic mass is 9.63. The maximum Gasteiger partial charge on any atom is 0.337 e. The van der Waals surface area contributed by atoms with Crippen LogP contribution in [-0.2, 0) is 30.4 Å². The zero-order chi connectivity index (χ0) is 24.7. The number of nitro groups is 1. The average Bonchev–Trinajstić information content (AvgIpc) is 3.48. The van der Waals surface area contributed by atoms with Crippen LogP contribution in [0.3, 0.4) is 0 Å². The standard InChI is InChI=1S/C26H27NO8/c1-15(2)20-9-10-26(14-34-26)23-21(20)11-17(12-32-25(23)29)24(28)33-13-19-7-8-22(35-19)16-3-5-18(6-4-16)27(30)31/h3-8,11,15,20-21,23H,9-10,12-14H2,1-2H3/t20-,21-,23-,26-/m1/s1. The van der Waals surface area contributed by atoms with E-state index >= 15 is 0 Å². The summed E-state index contributed by atoms with van der Waals surface area (Å²) in [5.74, 6) is 0.134. The zero-order valence-electron chi connectivity index (χ0n) is 19.6. The fourth-order valence-corrected chi connectivity index (χ4v) is 5.38. The van der Waals surface area contributed by atoms with Crippen LogP contribution < -0.4 is 0 Å². The third-order valence-electron chi connectivity index (χ3n) is 7.37. The Balaban J connectivity index is 1.28. The first kappa shape index (κ1) is 23.3. The van der Waals surface area contributed by atoms with Crippen LogP contribution in [0.5, 0.6) is 0 Å². The summed E-state index contributed by atoms with van der Waals surface area (Å²) in [6, 6.07) is 9.39. The summed E-state index contributed by atoms with van der Waals surface area (Å²) in [6.45, 7) is 4.60. The molecule has 0 amide bonds. The molecule has 2 aromatic rings. The Hall–Kier alpha value is -3.46. The molecule has 0 unspecified atom stereocenters. The summed E-state index contributed by atoms with van der Waals surface area (Å²) >= 11 is 0. The van der Waals surface area contributed by atoms with E-state index in [9.17, 15) is 19.7 Å². The second kappa shape index (κ2) is 8.96. The summed E-state index contributed by atoms with van der Waals surface area (Å²) in [5, 5.41) is 10.8. The van der Waals surface area contributed by atoms with Gasteiger partial charge in [0.15, 0.2) is 0 Å². The van der Waals surface area contributed by atoms with Crippen LogP contribution in [0.25, 0.3) is 11.3 Å². The number of hydrogen-bond acceptors (Lipinski definition) is 8.